The predicted molar refractivity (Wildman–Crippen MR) is 187 cm³/mol. The number of rotatable bonds is 9. The molecule has 48 heavy (non-hydrogen) atoms. The molecular formula is C37H38N4O6S. The molecule has 11 heteroatoms. The molecule has 1 saturated heterocycles. The first-order chi connectivity index (χ1) is 23.1. The van der Waals surface area contributed by atoms with Crippen LogP contribution in [0.4, 0.5) is 11.4 Å². The number of nitro groups is 1. The summed E-state index contributed by atoms with van der Waals surface area (Å²) in [6.07, 6.45) is 3.72. The fourth-order valence-corrected chi connectivity index (χ4v) is 7.20. The van der Waals surface area contributed by atoms with Crippen LogP contribution in [0.5, 0.6) is 5.75 Å². The molecule has 1 fully saturated rings. The quantitative estimate of drug-likeness (QED) is 0.125. The van der Waals surface area contributed by atoms with Crippen molar-refractivity contribution in [2.75, 3.05) is 24.6 Å². The maximum atomic E-state index is 14.5. The first-order valence-electron chi connectivity index (χ1n) is 16.2. The van der Waals surface area contributed by atoms with Crippen LogP contribution in [0.1, 0.15) is 63.3 Å². The zero-order chi connectivity index (χ0) is 33.9. The Morgan fingerprint density at radius 2 is 1.79 bits per heavy atom. The van der Waals surface area contributed by atoms with Crippen molar-refractivity contribution >= 4 is 40.5 Å². The minimum Gasteiger partial charge on any atom is -0.491 e. The number of carbonyl (C=O) groups is 1. The molecular weight excluding hydrogens is 628 g/mol. The minimum absolute atomic E-state index is 0.0276. The summed E-state index contributed by atoms with van der Waals surface area (Å²) < 4.78 is 13.3. The van der Waals surface area contributed by atoms with E-state index < -0.39 is 16.9 Å². The van der Waals surface area contributed by atoms with Crippen LogP contribution in [-0.2, 0) is 9.53 Å². The standard InChI is InChI=1S/C37H38N4O6S/c1-5-46-36(43)32-33(25-9-7-6-8-10-25)38-37-40(34(32)26-11-14-29(15-12-26)47-23(2)3)35(42)31(48-37)22-27-21-28(41(44)45)13-16-30(27)39-19-17-24(4)18-20-39/h6-16,21-24,34H,5,17-20H2,1-4H3/b31-22-/t34-/m0/s1. The Morgan fingerprint density at radius 1 is 1.08 bits per heavy atom. The largest absolute Gasteiger partial charge is 0.491 e. The molecule has 248 valence electrons. The maximum absolute atomic E-state index is 14.5. The Labute approximate surface area is 282 Å². The summed E-state index contributed by atoms with van der Waals surface area (Å²) in [6.45, 7) is 9.64. The molecule has 0 radical (unpaired) electrons. The van der Waals surface area contributed by atoms with Crippen LogP contribution in [0.25, 0.3) is 11.8 Å². The highest BCUT2D eigenvalue weighted by Crippen LogP contribution is 2.36. The summed E-state index contributed by atoms with van der Waals surface area (Å²) in [6, 6.07) is 20.7. The molecule has 1 aromatic heterocycles. The van der Waals surface area contributed by atoms with Crippen LogP contribution >= 0.6 is 11.3 Å². The number of thiazole rings is 1. The Bertz CT molecular complexity index is 2040. The van der Waals surface area contributed by atoms with E-state index in [4.69, 9.17) is 14.5 Å². The third-order valence-electron chi connectivity index (χ3n) is 8.57. The molecule has 0 spiro atoms. The Morgan fingerprint density at radius 3 is 2.44 bits per heavy atom. The van der Waals surface area contributed by atoms with Crippen LogP contribution in [0, 0.1) is 16.0 Å². The highest BCUT2D eigenvalue weighted by Gasteiger charge is 2.35. The summed E-state index contributed by atoms with van der Waals surface area (Å²) >= 11 is 1.19. The van der Waals surface area contributed by atoms with E-state index in [0.29, 0.717) is 43.4 Å². The summed E-state index contributed by atoms with van der Waals surface area (Å²) in [4.78, 5) is 47.2. The zero-order valence-corrected chi connectivity index (χ0v) is 28.2. The van der Waals surface area contributed by atoms with Crippen LogP contribution in [0.15, 0.2) is 88.2 Å². The summed E-state index contributed by atoms with van der Waals surface area (Å²) in [7, 11) is 0. The number of nitro benzene ring substituents is 1. The number of carbonyl (C=O) groups excluding carboxylic acids is 1. The number of nitrogens with zero attached hydrogens (tertiary/aromatic N) is 4. The van der Waals surface area contributed by atoms with Gasteiger partial charge in [-0.1, -0.05) is 60.7 Å². The lowest BCUT2D eigenvalue weighted by molar-refractivity contribution is -0.384. The topological polar surface area (TPSA) is 116 Å². The number of anilines is 1. The predicted octanol–water partition coefficient (Wildman–Crippen LogP) is 5.87. The molecule has 10 nitrogen and oxygen atoms in total. The van der Waals surface area contributed by atoms with E-state index >= 15 is 0 Å². The lowest BCUT2D eigenvalue weighted by Gasteiger charge is -2.33. The van der Waals surface area contributed by atoms with Crippen LogP contribution < -0.4 is 24.5 Å². The van der Waals surface area contributed by atoms with Gasteiger partial charge in [0.2, 0.25) is 0 Å². The molecule has 0 amide bonds. The molecule has 2 aliphatic rings. The molecule has 1 atom stereocenters. The zero-order valence-electron chi connectivity index (χ0n) is 27.4. The fraction of sp³-hybridized carbons (Fsp3) is 0.324. The van der Waals surface area contributed by atoms with Gasteiger partial charge in [0.15, 0.2) is 4.80 Å². The molecule has 4 aromatic rings. The number of esters is 1. The minimum atomic E-state index is -0.848. The highest BCUT2D eigenvalue weighted by atomic mass is 32.1. The number of fused-ring (bicyclic) bond motifs is 1. The van der Waals surface area contributed by atoms with Crippen LogP contribution in [-0.4, -0.2) is 41.3 Å². The van der Waals surface area contributed by atoms with Crippen molar-refractivity contribution in [1.29, 1.82) is 0 Å². The van der Waals surface area contributed by atoms with Gasteiger partial charge in [-0.15, -0.1) is 0 Å². The number of piperidine rings is 1. The normalized spacial score (nSPS) is 16.9. The number of non-ortho nitro benzene ring substituents is 1. The van der Waals surface area contributed by atoms with Crippen molar-refractivity contribution < 1.29 is 19.2 Å². The number of hydrogen-bond acceptors (Lipinski definition) is 9. The Kier molecular flexibility index (Phi) is 9.58. The second-order valence-corrected chi connectivity index (χ2v) is 13.3. The number of ether oxygens (including phenoxy) is 2. The van der Waals surface area contributed by atoms with Crippen molar-refractivity contribution in [1.82, 2.24) is 4.57 Å². The first kappa shape index (κ1) is 32.9. The molecule has 0 N–H and O–H groups in total. The average Bonchev–Trinajstić information content (AvgIpc) is 3.39. The van der Waals surface area contributed by atoms with Crippen molar-refractivity contribution in [2.24, 2.45) is 10.9 Å². The molecule has 2 aliphatic heterocycles. The van der Waals surface area contributed by atoms with Gasteiger partial charge in [0, 0.05) is 42.0 Å². The van der Waals surface area contributed by atoms with E-state index in [1.54, 1.807) is 19.1 Å². The van der Waals surface area contributed by atoms with E-state index in [1.165, 1.54) is 28.0 Å². The van der Waals surface area contributed by atoms with Gasteiger partial charge in [-0.2, -0.15) is 0 Å². The monoisotopic (exact) mass is 666 g/mol. The van der Waals surface area contributed by atoms with Gasteiger partial charge < -0.3 is 14.4 Å². The van der Waals surface area contributed by atoms with Crippen molar-refractivity contribution in [2.45, 2.75) is 52.7 Å². The van der Waals surface area contributed by atoms with E-state index in [-0.39, 0.29) is 29.5 Å². The molecule has 6 rings (SSSR count). The van der Waals surface area contributed by atoms with Gasteiger partial charge in [-0.05, 0) is 69.4 Å². The molecule has 0 saturated carbocycles. The van der Waals surface area contributed by atoms with E-state index in [0.717, 1.165) is 31.6 Å². The average molecular weight is 667 g/mol. The number of hydrogen-bond donors (Lipinski definition) is 0. The van der Waals surface area contributed by atoms with Gasteiger partial charge in [-0.3, -0.25) is 19.5 Å². The van der Waals surface area contributed by atoms with Crippen LogP contribution in [0.3, 0.4) is 0 Å². The van der Waals surface area contributed by atoms with Crippen molar-refractivity contribution in [3.8, 4) is 5.75 Å². The molecule has 0 unspecified atom stereocenters. The van der Waals surface area contributed by atoms with E-state index in [1.807, 2.05) is 68.4 Å². The fourth-order valence-electron chi connectivity index (χ4n) is 6.21. The second-order valence-electron chi connectivity index (χ2n) is 12.3. The third-order valence-corrected chi connectivity index (χ3v) is 9.56. The molecule has 0 bridgehead atoms. The van der Waals surface area contributed by atoms with Gasteiger partial charge in [-0.25, -0.2) is 9.79 Å². The first-order valence-corrected chi connectivity index (χ1v) is 17.0. The third kappa shape index (κ3) is 6.68. The Hall–Kier alpha value is -5.03. The van der Waals surface area contributed by atoms with Crippen molar-refractivity contribution in [3.05, 3.63) is 125 Å². The van der Waals surface area contributed by atoms with Gasteiger partial charge in [0.1, 0.15) is 5.75 Å². The molecule has 3 heterocycles. The Balaban J connectivity index is 1.59. The van der Waals surface area contributed by atoms with E-state index in [2.05, 4.69) is 11.8 Å². The van der Waals surface area contributed by atoms with Crippen molar-refractivity contribution in [3.63, 3.8) is 0 Å². The smallest absolute Gasteiger partial charge is 0.338 e. The lowest BCUT2D eigenvalue weighted by Crippen LogP contribution is -2.40. The summed E-state index contributed by atoms with van der Waals surface area (Å²) in [5.74, 6) is 0.698. The summed E-state index contributed by atoms with van der Waals surface area (Å²) in [5.41, 5.74) is 3.08. The SMILES string of the molecule is CCOC(=O)C1=C(c2ccccc2)N=c2s/c(=C\c3cc([N+](=O)[O-])ccc3N3CCC(C)CC3)c(=O)n2[C@H]1c1ccc(OC(C)C)cc1. The maximum Gasteiger partial charge on any atom is 0.338 e. The summed E-state index contributed by atoms with van der Waals surface area (Å²) in [5, 5.41) is 11.8. The van der Waals surface area contributed by atoms with Crippen LogP contribution in [0.2, 0.25) is 0 Å². The molecule has 3 aromatic carbocycles. The van der Waals surface area contributed by atoms with Gasteiger partial charge in [0.25, 0.3) is 11.2 Å². The highest BCUT2D eigenvalue weighted by molar-refractivity contribution is 7.07. The van der Waals surface area contributed by atoms with Gasteiger partial charge >= 0.3 is 5.97 Å². The number of benzene rings is 3. The number of aromatic nitrogens is 1. The lowest BCUT2D eigenvalue weighted by atomic mass is 9.93. The molecule has 0 aliphatic carbocycles. The second kappa shape index (κ2) is 14.0. The van der Waals surface area contributed by atoms with Gasteiger partial charge in [0.05, 0.1) is 39.5 Å². The van der Waals surface area contributed by atoms with E-state index in [9.17, 15) is 19.7 Å².